The topological polar surface area (TPSA) is 57.5 Å². The number of hydrogen-bond donors (Lipinski definition) is 2. The third-order valence-corrected chi connectivity index (χ3v) is 9.54. The highest BCUT2D eigenvalue weighted by molar-refractivity contribution is 5.66. The Bertz CT molecular complexity index is 638. The van der Waals surface area contributed by atoms with Crippen molar-refractivity contribution in [3.8, 4) is 0 Å². The number of rotatable bonds is 4. The van der Waals surface area contributed by atoms with Gasteiger partial charge in [-0.15, -0.1) is 0 Å². The molecule has 3 heteroatoms. The lowest BCUT2D eigenvalue weighted by Crippen LogP contribution is -2.48. The van der Waals surface area contributed by atoms with Crippen molar-refractivity contribution in [1.29, 1.82) is 0 Å². The number of allylic oxidation sites excluding steroid dienone is 2. The largest absolute Gasteiger partial charge is 0.481 e. The molecule has 152 valence electrons. The Morgan fingerprint density at radius 2 is 1.93 bits per heavy atom. The lowest BCUT2D eigenvalue weighted by Gasteiger charge is -2.56. The molecule has 4 rings (SSSR count). The van der Waals surface area contributed by atoms with Gasteiger partial charge in [-0.05, 0) is 98.7 Å². The third-order valence-electron chi connectivity index (χ3n) is 9.54. The molecule has 27 heavy (non-hydrogen) atoms. The second kappa shape index (κ2) is 6.90. The van der Waals surface area contributed by atoms with Gasteiger partial charge in [-0.25, -0.2) is 0 Å². The normalized spacial score (nSPS) is 45.0. The van der Waals surface area contributed by atoms with Crippen LogP contribution in [-0.4, -0.2) is 22.3 Å². The molecular weight excluding hydrogens is 336 g/mol. The lowest BCUT2D eigenvalue weighted by molar-refractivity contribution is -0.137. The monoisotopic (exact) mass is 374 g/mol. The maximum Gasteiger partial charge on any atom is 0.303 e. The van der Waals surface area contributed by atoms with E-state index in [1.54, 1.807) is 11.1 Å². The second-order valence-corrected chi connectivity index (χ2v) is 10.7. The van der Waals surface area contributed by atoms with E-state index < -0.39 is 5.97 Å². The van der Waals surface area contributed by atoms with Gasteiger partial charge in [0.15, 0.2) is 0 Å². The summed E-state index contributed by atoms with van der Waals surface area (Å²) in [5.41, 5.74) is 4.28. The van der Waals surface area contributed by atoms with Crippen LogP contribution in [0.1, 0.15) is 91.4 Å². The Morgan fingerprint density at radius 3 is 2.67 bits per heavy atom. The summed E-state index contributed by atoms with van der Waals surface area (Å²) in [6, 6.07) is 0. The molecule has 0 aliphatic heterocycles. The highest BCUT2D eigenvalue weighted by atomic mass is 16.4. The zero-order chi connectivity index (χ0) is 19.4. The highest BCUT2D eigenvalue weighted by Gasteiger charge is 2.55. The van der Waals surface area contributed by atoms with Crippen molar-refractivity contribution in [3.63, 3.8) is 0 Å². The van der Waals surface area contributed by atoms with Gasteiger partial charge in [-0.2, -0.15) is 0 Å². The fourth-order valence-corrected chi connectivity index (χ4v) is 7.97. The van der Waals surface area contributed by atoms with Crippen LogP contribution in [0.4, 0.5) is 0 Å². The van der Waals surface area contributed by atoms with Crippen LogP contribution in [0.2, 0.25) is 0 Å². The number of aliphatic hydroxyl groups excluding tert-OH is 1. The molecule has 3 fully saturated rings. The third kappa shape index (κ3) is 3.09. The summed E-state index contributed by atoms with van der Waals surface area (Å²) >= 11 is 0. The number of carboxylic acid groups (broad SMARTS) is 1. The molecule has 4 aliphatic carbocycles. The van der Waals surface area contributed by atoms with Crippen molar-refractivity contribution in [2.45, 2.75) is 97.5 Å². The summed E-state index contributed by atoms with van der Waals surface area (Å²) < 4.78 is 0. The molecule has 0 radical (unpaired) electrons. The number of carboxylic acids is 1. The summed E-state index contributed by atoms with van der Waals surface area (Å²) in [5.74, 6) is 1.93. The second-order valence-electron chi connectivity index (χ2n) is 10.7. The minimum Gasteiger partial charge on any atom is -0.481 e. The lowest BCUT2D eigenvalue weighted by atomic mass is 9.49. The van der Waals surface area contributed by atoms with Crippen LogP contribution in [-0.2, 0) is 4.79 Å². The summed E-state index contributed by atoms with van der Waals surface area (Å²) in [6.45, 7) is 7.32. The Balaban J connectivity index is 1.59. The van der Waals surface area contributed by atoms with E-state index >= 15 is 0 Å². The first-order chi connectivity index (χ1) is 12.8. The predicted molar refractivity (Wildman–Crippen MR) is 107 cm³/mol. The molecule has 3 nitrogen and oxygen atoms in total. The van der Waals surface area contributed by atoms with Crippen LogP contribution in [0.5, 0.6) is 0 Å². The molecule has 0 unspecified atom stereocenters. The average molecular weight is 375 g/mol. The predicted octanol–water partition coefficient (Wildman–Crippen LogP) is 5.57. The number of carbonyl (C=O) groups is 1. The van der Waals surface area contributed by atoms with Gasteiger partial charge in [0.2, 0.25) is 0 Å². The molecule has 4 aliphatic rings. The maximum absolute atomic E-state index is 11.0. The van der Waals surface area contributed by atoms with Gasteiger partial charge in [0.25, 0.3) is 0 Å². The molecule has 0 amide bonds. The van der Waals surface area contributed by atoms with Crippen LogP contribution in [0.3, 0.4) is 0 Å². The molecule has 0 aromatic heterocycles. The Morgan fingerprint density at radius 1 is 1.15 bits per heavy atom. The molecule has 2 N–H and O–H groups in total. The van der Waals surface area contributed by atoms with Crippen molar-refractivity contribution < 1.29 is 15.0 Å². The highest BCUT2D eigenvalue weighted by Crippen LogP contribution is 2.65. The van der Waals surface area contributed by atoms with Gasteiger partial charge in [-0.3, -0.25) is 4.79 Å². The van der Waals surface area contributed by atoms with Gasteiger partial charge >= 0.3 is 5.97 Å². The maximum atomic E-state index is 11.0. The van der Waals surface area contributed by atoms with Crippen molar-refractivity contribution in [3.05, 3.63) is 11.1 Å². The molecular formula is C24H38O3. The quantitative estimate of drug-likeness (QED) is 0.632. The number of fused-ring (bicyclic) bond motifs is 4. The Kier molecular flexibility index (Phi) is 4.98. The first kappa shape index (κ1) is 19.5. The molecule has 0 aromatic rings. The summed E-state index contributed by atoms with van der Waals surface area (Å²) in [6.07, 6.45) is 11.8. The summed E-state index contributed by atoms with van der Waals surface area (Å²) in [5, 5.41) is 19.3. The van der Waals surface area contributed by atoms with E-state index in [9.17, 15) is 9.90 Å². The summed E-state index contributed by atoms with van der Waals surface area (Å²) in [7, 11) is 0. The van der Waals surface area contributed by atoms with Crippen LogP contribution in [0, 0.1) is 34.5 Å². The van der Waals surface area contributed by atoms with E-state index in [2.05, 4.69) is 20.8 Å². The molecule has 7 atom stereocenters. The fourth-order valence-electron chi connectivity index (χ4n) is 7.97. The van der Waals surface area contributed by atoms with E-state index in [-0.39, 0.29) is 6.10 Å². The van der Waals surface area contributed by atoms with E-state index in [1.807, 2.05) is 0 Å². The van der Waals surface area contributed by atoms with Gasteiger partial charge < -0.3 is 10.2 Å². The molecule has 0 spiro atoms. The Hall–Kier alpha value is -0.830. The molecule has 0 saturated heterocycles. The van der Waals surface area contributed by atoms with Crippen molar-refractivity contribution in [2.24, 2.45) is 34.5 Å². The van der Waals surface area contributed by atoms with Crippen LogP contribution >= 0.6 is 0 Å². The van der Waals surface area contributed by atoms with Gasteiger partial charge in [-0.1, -0.05) is 31.9 Å². The van der Waals surface area contributed by atoms with Gasteiger partial charge in [0, 0.05) is 6.42 Å². The smallest absolute Gasteiger partial charge is 0.303 e. The molecule has 0 heterocycles. The Labute approximate surface area is 164 Å². The zero-order valence-corrected chi connectivity index (χ0v) is 17.5. The molecule has 3 saturated carbocycles. The zero-order valence-electron chi connectivity index (χ0n) is 17.5. The van der Waals surface area contributed by atoms with E-state index in [1.165, 1.54) is 44.9 Å². The van der Waals surface area contributed by atoms with E-state index in [4.69, 9.17) is 5.11 Å². The average Bonchev–Trinajstić information content (AvgIpc) is 2.97. The standard InChI is InChI=1S/C24H38O3/c1-15(4-9-22(26)27)19-7-8-20-18-6-5-16-14-17(25)10-12-23(16,2)21(18)11-13-24(19,20)3/h15-17,19,21,25H,4-14H2,1-3H3,(H,26,27)/t15-,16-,17-,19-,21+,23+,24-/m1/s1. The number of aliphatic hydroxyl groups is 1. The first-order valence-electron chi connectivity index (χ1n) is 11.4. The number of aliphatic carboxylic acids is 1. The van der Waals surface area contributed by atoms with Gasteiger partial charge in [0.1, 0.15) is 0 Å². The van der Waals surface area contributed by atoms with Crippen LogP contribution in [0.25, 0.3) is 0 Å². The fraction of sp³-hybridized carbons (Fsp3) is 0.875. The summed E-state index contributed by atoms with van der Waals surface area (Å²) in [4.78, 5) is 11.0. The number of hydrogen-bond acceptors (Lipinski definition) is 2. The van der Waals surface area contributed by atoms with Crippen molar-refractivity contribution >= 4 is 5.97 Å². The SMILES string of the molecule is C[C@H](CCC(=O)O)[C@H]1CCC2=C3CC[C@@H]4C[C@H](O)CC[C@]4(C)[C@H]3CC[C@@]21C. The van der Waals surface area contributed by atoms with Crippen molar-refractivity contribution in [1.82, 2.24) is 0 Å². The van der Waals surface area contributed by atoms with E-state index in [0.29, 0.717) is 35.0 Å². The minimum absolute atomic E-state index is 0.0721. The van der Waals surface area contributed by atoms with Crippen molar-refractivity contribution in [2.75, 3.05) is 0 Å². The van der Waals surface area contributed by atoms with Crippen LogP contribution in [0.15, 0.2) is 11.1 Å². The van der Waals surface area contributed by atoms with Crippen LogP contribution < -0.4 is 0 Å². The molecule has 0 bridgehead atoms. The first-order valence-corrected chi connectivity index (χ1v) is 11.4. The minimum atomic E-state index is -0.655. The molecule has 0 aromatic carbocycles. The van der Waals surface area contributed by atoms with E-state index in [0.717, 1.165) is 25.2 Å². The van der Waals surface area contributed by atoms with Gasteiger partial charge in [0.05, 0.1) is 6.10 Å².